The number of benzene rings is 2. The van der Waals surface area contributed by atoms with Crippen molar-refractivity contribution in [2.45, 2.75) is 49.3 Å². The Hall–Kier alpha value is -1.25. The van der Waals surface area contributed by atoms with Gasteiger partial charge in [-0.3, -0.25) is 0 Å². The summed E-state index contributed by atoms with van der Waals surface area (Å²) in [5.74, 6) is 0. The topological polar surface area (TPSA) is 26.0 Å². The molecule has 0 aromatic heterocycles. The summed E-state index contributed by atoms with van der Waals surface area (Å²) in [4.78, 5) is 2.60. The molecule has 0 bridgehead atoms. The lowest BCUT2D eigenvalue weighted by Gasteiger charge is -2.19. The van der Waals surface area contributed by atoms with Gasteiger partial charge in [0.25, 0.3) is 0 Å². The predicted octanol–water partition coefficient (Wildman–Crippen LogP) is 4.94. The van der Waals surface area contributed by atoms with Gasteiger partial charge in [0, 0.05) is 9.79 Å². The van der Waals surface area contributed by atoms with E-state index in [9.17, 15) is 0 Å². The van der Waals surface area contributed by atoms with E-state index < -0.39 is 0 Å². The molecule has 2 aromatic rings. The fourth-order valence-corrected chi connectivity index (χ4v) is 3.26. The molecule has 112 valence electrons. The van der Waals surface area contributed by atoms with E-state index in [1.165, 1.54) is 26.5 Å². The first-order chi connectivity index (χ1) is 9.90. The van der Waals surface area contributed by atoms with Crippen molar-refractivity contribution in [1.29, 1.82) is 0 Å². The largest absolute Gasteiger partial charge is 0.330 e. The summed E-state index contributed by atoms with van der Waals surface area (Å²) in [6.07, 6.45) is 0.935. The number of hydrogen-bond acceptors (Lipinski definition) is 2. The molecule has 0 aliphatic heterocycles. The van der Waals surface area contributed by atoms with Crippen LogP contribution in [0.25, 0.3) is 0 Å². The maximum Gasteiger partial charge on any atom is 0.0155 e. The minimum atomic E-state index is 0.206. The van der Waals surface area contributed by atoms with Gasteiger partial charge < -0.3 is 5.73 Å². The van der Waals surface area contributed by atoms with Gasteiger partial charge in [0.05, 0.1) is 0 Å². The molecule has 0 saturated carbocycles. The van der Waals surface area contributed by atoms with Crippen LogP contribution in [0.2, 0.25) is 0 Å². The van der Waals surface area contributed by atoms with Crippen LogP contribution < -0.4 is 5.73 Å². The second-order valence-corrected chi connectivity index (χ2v) is 7.64. The van der Waals surface area contributed by atoms with Crippen LogP contribution in [0, 0.1) is 6.92 Å². The molecule has 1 nitrogen and oxygen atoms in total. The Labute approximate surface area is 133 Å². The van der Waals surface area contributed by atoms with Gasteiger partial charge in [0.15, 0.2) is 0 Å². The van der Waals surface area contributed by atoms with Crippen molar-refractivity contribution in [3.05, 3.63) is 59.2 Å². The van der Waals surface area contributed by atoms with Crippen molar-refractivity contribution in [3.63, 3.8) is 0 Å². The maximum atomic E-state index is 5.73. The lowest BCUT2D eigenvalue weighted by molar-refractivity contribution is 0.590. The Morgan fingerprint density at radius 3 is 2.24 bits per heavy atom. The van der Waals surface area contributed by atoms with Gasteiger partial charge in [-0.15, -0.1) is 0 Å². The van der Waals surface area contributed by atoms with Crippen LogP contribution in [-0.2, 0) is 11.8 Å². The van der Waals surface area contributed by atoms with Crippen LogP contribution in [0.4, 0.5) is 0 Å². The van der Waals surface area contributed by atoms with Gasteiger partial charge in [-0.05, 0) is 54.6 Å². The average molecular weight is 299 g/mol. The van der Waals surface area contributed by atoms with Gasteiger partial charge >= 0.3 is 0 Å². The van der Waals surface area contributed by atoms with Crippen LogP contribution >= 0.6 is 11.8 Å². The molecule has 0 spiro atoms. The average Bonchev–Trinajstić information content (AvgIpc) is 2.42. The lowest BCUT2D eigenvalue weighted by atomic mass is 9.87. The van der Waals surface area contributed by atoms with Crippen molar-refractivity contribution in [2.75, 3.05) is 6.54 Å². The number of hydrogen-bond donors (Lipinski definition) is 1. The molecule has 2 heteroatoms. The summed E-state index contributed by atoms with van der Waals surface area (Å²) in [5, 5.41) is 0. The zero-order valence-corrected chi connectivity index (χ0v) is 14.3. The molecule has 2 N–H and O–H groups in total. The zero-order valence-electron chi connectivity index (χ0n) is 13.4. The van der Waals surface area contributed by atoms with E-state index in [-0.39, 0.29) is 5.41 Å². The lowest BCUT2D eigenvalue weighted by Crippen LogP contribution is -2.10. The first kappa shape index (κ1) is 16.1. The summed E-state index contributed by atoms with van der Waals surface area (Å²) < 4.78 is 0. The van der Waals surface area contributed by atoms with Crippen molar-refractivity contribution in [1.82, 2.24) is 0 Å². The van der Waals surface area contributed by atoms with E-state index in [0.717, 1.165) is 6.42 Å². The number of rotatable bonds is 4. The first-order valence-corrected chi connectivity index (χ1v) is 8.30. The predicted molar refractivity (Wildman–Crippen MR) is 93.2 cm³/mol. The minimum Gasteiger partial charge on any atom is -0.330 e. The van der Waals surface area contributed by atoms with E-state index >= 15 is 0 Å². The SMILES string of the molecule is Cc1ccc(Sc2ccc(C(C)(C)C)cc2)c(CCN)c1. The Morgan fingerprint density at radius 2 is 1.67 bits per heavy atom. The van der Waals surface area contributed by atoms with E-state index in [1.807, 2.05) is 11.8 Å². The highest BCUT2D eigenvalue weighted by Gasteiger charge is 2.13. The standard InChI is InChI=1S/C19H25NS/c1-14-5-10-18(15(13-14)11-12-20)21-17-8-6-16(7-9-17)19(2,3)4/h5-10,13H,11-12,20H2,1-4H3. The Morgan fingerprint density at radius 1 is 1.00 bits per heavy atom. The van der Waals surface area contributed by atoms with Gasteiger partial charge in [-0.2, -0.15) is 0 Å². The smallest absolute Gasteiger partial charge is 0.0155 e. The molecule has 0 atom stereocenters. The number of aryl methyl sites for hydroxylation is 1. The molecule has 0 aliphatic rings. The van der Waals surface area contributed by atoms with Crippen molar-refractivity contribution >= 4 is 11.8 Å². The Kier molecular flexibility index (Phi) is 5.13. The molecule has 0 amide bonds. The van der Waals surface area contributed by atoms with E-state index in [2.05, 4.69) is 70.2 Å². The highest BCUT2D eigenvalue weighted by molar-refractivity contribution is 7.99. The third-order valence-corrected chi connectivity index (χ3v) is 4.70. The van der Waals surface area contributed by atoms with E-state index in [4.69, 9.17) is 5.73 Å². The molecule has 2 aromatic carbocycles. The van der Waals surface area contributed by atoms with Crippen LogP contribution in [0.3, 0.4) is 0 Å². The van der Waals surface area contributed by atoms with Crippen LogP contribution in [-0.4, -0.2) is 6.54 Å². The summed E-state index contributed by atoms with van der Waals surface area (Å²) in [7, 11) is 0. The monoisotopic (exact) mass is 299 g/mol. The minimum absolute atomic E-state index is 0.206. The van der Waals surface area contributed by atoms with Crippen molar-refractivity contribution in [2.24, 2.45) is 5.73 Å². The van der Waals surface area contributed by atoms with Gasteiger partial charge in [-0.25, -0.2) is 0 Å². The fraction of sp³-hybridized carbons (Fsp3) is 0.368. The van der Waals surface area contributed by atoms with Gasteiger partial charge in [-0.1, -0.05) is 62.4 Å². The fourth-order valence-electron chi connectivity index (χ4n) is 2.31. The summed E-state index contributed by atoms with van der Waals surface area (Å²) in [6.45, 7) is 9.56. The van der Waals surface area contributed by atoms with Gasteiger partial charge in [0.1, 0.15) is 0 Å². The van der Waals surface area contributed by atoms with E-state index in [0.29, 0.717) is 6.54 Å². The van der Waals surface area contributed by atoms with Gasteiger partial charge in [0.2, 0.25) is 0 Å². The molecule has 0 unspecified atom stereocenters. The molecule has 0 aliphatic carbocycles. The third-order valence-electron chi connectivity index (χ3n) is 3.58. The van der Waals surface area contributed by atoms with E-state index in [1.54, 1.807) is 0 Å². The molecule has 0 heterocycles. The molecule has 0 fully saturated rings. The quantitative estimate of drug-likeness (QED) is 0.865. The summed E-state index contributed by atoms with van der Waals surface area (Å²) in [5.41, 5.74) is 9.96. The first-order valence-electron chi connectivity index (χ1n) is 7.48. The molecular weight excluding hydrogens is 274 g/mol. The second kappa shape index (κ2) is 6.67. The molecule has 2 rings (SSSR count). The highest BCUT2D eigenvalue weighted by atomic mass is 32.2. The van der Waals surface area contributed by atoms with Crippen LogP contribution in [0.5, 0.6) is 0 Å². The molecular formula is C19H25NS. The Bertz CT molecular complexity index is 594. The zero-order chi connectivity index (χ0) is 15.5. The second-order valence-electron chi connectivity index (χ2n) is 6.53. The van der Waals surface area contributed by atoms with Crippen molar-refractivity contribution in [3.8, 4) is 0 Å². The Balaban J connectivity index is 2.22. The third kappa shape index (κ3) is 4.36. The molecule has 21 heavy (non-hydrogen) atoms. The normalized spacial score (nSPS) is 11.7. The highest BCUT2D eigenvalue weighted by Crippen LogP contribution is 2.33. The van der Waals surface area contributed by atoms with Crippen LogP contribution in [0.1, 0.15) is 37.5 Å². The van der Waals surface area contributed by atoms with Crippen LogP contribution in [0.15, 0.2) is 52.3 Å². The summed E-state index contributed by atoms with van der Waals surface area (Å²) >= 11 is 1.83. The summed E-state index contributed by atoms with van der Waals surface area (Å²) in [6, 6.07) is 15.5. The maximum absolute atomic E-state index is 5.73. The van der Waals surface area contributed by atoms with Crippen molar-refractivity contribution < 1.29 is 0 Å². The molecule has 0 saturated heterocycles. The number of nitrogens with two attached hydrogens (primary N) is 1. The molecule has 0 radical (unpaired) electrons.